The van der Waals surface area contributed by atoms with Gasteiger partial charge in [0.15, 0.2) is 11.6 Å². The molecule has 3 aromatic heterocycles. The Hall–Kier alpha value is -3.34. The third kappa shape index (κ3) is 4.40. The molecule has 0 atom stereocenters. The van der Waals surface area contributed by atoms with Crippen LogP contribution < -0.4 is 4.90 Å². The maximum Gasteiger partial charge on any atom is 0.246 e. The number of anilines is 1. The van der Waals surface area contributed by atoms with Gasteiger partial charge < -0.3 is 19.4 Å². The summed E-state index contributed by atoms with van der Waals surface area (Å²) in [7, 11) is 2.09. The van der Waals surface area contributed by atoms with Crippen molar-refractivity contribution in [1.29, 1.82) is 0 Å². The first kappa shape index (κ1) is 22.1. The second-order valence-corrected chi connectivity index (χ2v) is 10.0. The zero-order valence-electron chi connectivity index (χ0n) is 19.6. The number of carbonyl (C=O) groups is 1. The van der Waals surface area contributed by atoms with E-state index in [1.807, 2.05) is 35.4 Å². The van der Waals surface area contributed by atoms with Crippen molar-refractivity contribution in [2.75, 3.05) is 64.4 Å². The van der Waals surface area contributed by atoms with Crippen LogP contribution in [-0.2, 0) is 9.53 Å². The minimum Gasteiger partial charge on any atom is -0.378 e. The third-order valence-electron chi connectivity index (χ3n) is 6.61. The Morgan fingerprint density at radius 1 is 1.11 bits per heavy atom. The number of aromatic nitrogens is 4. The van der Waals surface area contributed by atoms with E-state index >= 15 is 0 Å². The maximum absolute atomic E-state index is 12.7. The number of hydrogen-bond donors (Lipinski definition) is 1. The Kier molecular flexibility index (Phi) is 5.93. The van der Waals surface area contributed by atoms with Crippen molar-refractivity contribution in [3.05, 3.63) is 41.4 Å². The number of H-pyrrole nitrogens is 1. The molecule has 1 aromatic carbocycles. The predicted molar refractivity (Wildman–Crippen MR) is 139 cm³/mol. The van der Waals surface area contributed by atoms with Gasteiger partial charge in [-0.1, -0.05) is 12.1 Å². The number of carbonyl (C=O) groups excluding carboxylic acids is 1. The second kappa shape index (κ2) is 9.37. The van der Waals surface area contributed by atoms with Crippen molar-refractivity contribution in [3.8, 4) is 11.4 Å². The van der Waals surface area contributed by atoms with Crippen molar-refractivity contribution < 1.29 is 9.53 Å². The molecule has 5 heterocycles. The molecular formula is C25H27N7O2S. The number of likely N-dealkylation sites (N-methyl/N-ethyl adjacent to an activating group) is 1. The number of amides is 1. The lowest BCUT2D eigenvalue weighted by molar-refractivity contribution is -0.127. The Morgan fingerprint density at radius 2 is 1.94 bits per heavy atom. The largest absolute Gasteiger partial charge is 0.378 e. The van der Waals surface area contributed by atoms with Crippen LogP contribution >= 0.6 is 11.3 Å². The average molecular weight is 490 g/mol. The van der Waals surface area contributed by atoms with E-state index in [2.05, 4.69) is 33.1 Å². The summed E-state index contributed by atoms with van der Waals surface area (Å²) >= 11 is 1.62. The second-order valence-electron chi connectivity index (χ2n) is 8.93. The third-order valence-corrected chi connectivity index (χ3v) is 7.70. The summed E-state index contributed by atoms with van der Waals surface area (Å²) < 4.78 is 6.61. The van der Waals surface area contributed by atoms with Gasteiger partial charge in [-0.2, -0.15) is 5.10 Å². The number of morpholine rings is 1. The molecule has 2 fully saturated rings. The molecule has 6 rings (SSSR count). The lowest BCUT2D eigenvalue weighted by Crippen LogP contribution is -2.46. The first-order valence-electron chi connectivity index (χ1n) is 11.9. The molecule has 180 valence electrons. The Bertz CT molecular complexity index is 1400. The highest BCUT2D eigenvalue weighted by Crippen LogP contribution is 2.36. The molecule has 1 amide bonds. The fourth-order valence-electron chi connectivity index (χ4n) is 4.57. The minimum atomic E-state index is 0.0577. The first-order valence-corrected chi connectivity index (χ1v) is 12.7. The van der Waals surface area contributed by atoms with E-state index in [4.69, 9.17) is 14.7 Å². The van der Waals surface area contributed by atoms with Gasteiger partial charge in [0.1, 0.15) is 0 Å². The average Bonchev–Trinajstić information content (AvgIpc) is 3.54. The van der Waals surface area contributed by atoms with Crippen LogP contribution in [-0.4, -0.2) is 95.4 Å². The van der Waals surface area contributed by atoms with Gasteiger partial charge in [0.25, 0.3) is 0 Å². The number of thiophene rings is 1. The first-order chi connectivity index (χ1) is 17.2. The Morgan fingerprint density at radius 3 is 2.77 bits per heavy atom. The van der Waals surface area contributed by atoms with E-state index < -0.39 is 0 Å². The normalized spacial score (nSPS) is 17.7. The van der Waals surface area contributed by atoms with Crippen LogP contribution in [0.2, 0.25) is 0 Å². The lowest BCUT2D eigenvalue weighted by atomic mass is 10.1. The van der Waals surface area contributed by atoms with Crippen LogP contribution in [0, 0.1) is 0 Å². The molecule has 35 heavy (non-hydrogen) atoms. The van der Waals surface area contributed by atoms with Gasteiger partial charge >= 0.3 is 0 Å². The highest BCUT2D eigenvalue weighted by atomic mass is 32.1. The molecule has 2 aliphatic rings. The molecule has 4 aromatic rings. The molecule has 0 bridgehead atoms. The number of aromatic amines is 1. The summed E-state index contributed by atoms with van der Waals surface area (Å²) in [6.07, 6.45) is 5.41. The molecule has 9 nitrogen and oxygen atoms in total. The number of piperazine rings is 1. The van der Waals surface area contributed by atoms with Gasteiger partial charge in [-0.25, -0.2) is 9.97 Å². The zero-order valence-corrected chi connectivity index (χ0v) is 20.4. The van der Waals surface area contributed by atoms with Crippen LogP contribution in [0.3, 0.4) is 0 Å². The molecule has 0 aliphatic carbocycles. The Balaban J connectivity index is 1.38. The van der Waals surface area contributed by atoms with E-state index in [1.165, 1.54) is 0 Å². The van der Waals surface area contributed by atoms with Gasteiger partial charge in [-0.15, -0.1) is 11.3 Å². The molecule has 1 N–H and O–H groups in total. The molecular weight excluding hydrogens is 462 g/mol. The number of ether oxygens (including phenoxy) is 1. The number of rotatable bonds is 4. The monoisotopic (exact) mass is 489 g/mol. The quantitative estimate of drug-likeness (QED) is 0.441. The van der Waals surface area contributed by atoms with Crippen LogP contribution in [0.5, 0.6) is 0 Å². The zero-order chi connectivity index (χ0) is 23.8. The molecule has 2 saturated heterocycles. The topological polar surface area (TPSA) is 90.5 Å². The fourth-order valence-corrected chi connectivity index (χ4v) is 5.59. The van der Waals surface area contributed by atoms with E-state index in [-0.39, 0.29) is 5.91 Å². The number of benzene rings is 1. The highest BCUT2D eigenvalue weighted by molar-refractivity contribution is 7.20. The summed E-state index contributed by atoms with van der Waals surface area (Å²) in [5.74, 6) is 1.65. The number of nitrogens with zero attached hydrogens (tertiary/aromatic N) is 6. The van der Waals surface area contributed by atoms with Crippen LogP contribution in [0.25, 0.3) is 38.6 Å². The minimum absolute atomic E-state index is 0.0577. The van der Waals surface area contributed by atoms with E-state index in [0.717, 1.165) is 76.6 Å². The van der Waals surface area contributed by atoms with Gasteiger partial charge in [-0.05, 0) is 25.3 Å². The van der Waals surface area contributed by atoms with E-state index in [1.54, 1.807) is 17.4 Å². The highest BCUT2D eigenvalue weighted by Gasteiger charge is 2.21. The predicted octanol–water partition coefficient (Wildman–Crippen LogP) is 2.86. The van der Waals surface area contributed by atoms with Crippen molar-refractivity contribution in [1.82, 2.24) is 30.0 Å². The van der Waals surface area contributed by atoms with E-state index in [0.29, 0.717) is 19.0 Å². The molecule has 0 spiro atoms. The van der Waals surface area contributed by atoms with E-state index in [9.17, 15) is 4.79 Å². The lowest BCUT2D eigenvalue weighted by Gasteiger charge is -2.31. The number of hydrogen-bond acceptors (Lipinski definition) is 8. The molecule has 0 saturated carbocycles. The van der Waals surface area contributed by atoms with Crippen LogP contribution in [0.4, 0.5) is 5.82 Å². The van der Waals surface area contributed by atoms with Gasteiger partial charge in [0.2, 0.25) is 5.91 Å². The SMILES string of the molecule is CN1CCN(C(=O)/C=C/c2cc3nc(-c4cccc5[nH]ncc45)nc(N4CCOCC4)c3s2)CC1. The molecule has 2 aliphatic heterocycles. The maximum atomic E-state index is 12.7. The summed E-state index contributed by atoms with van der Waals surface area (Å²) in [5.41, 5.74) is 2.78. The van der Waals surface area contributed by atoms with Gasteiger partial charge in [0, 0.05) is 61.2 Å². The molecule has 0 radical (unpaired) electrons. The fraction of sp³-hybridized carbons (Fsp3) is 0.360. The van der Waals surface area contributed by atoms with Crippen LogP contribution in [0.1, 0.15) is 4.88 Å². The standard InChI is InChI=1S/C25H27N7O2S/c1-30-7-9-31(10-8-30)22(33)6-5-17-15-21-23(35-17)25(32-11-13-34-14-12-32)28-24(27-21)18-3-2-4-20-19(18)16-26-29-20/h2-6,15-16H,7-14H2,1H3,(H,26,29)/b6-5+. The molecule has 0 unspecified atom stereocenters. The molecule has 10 heteroatoms. The number of fused-ring (bicyclic) bond motifs is 2. The smallest absolute Gasteiger partial charge is 0.246 e. The summed E-state index contributed by atoms with van der Waals surface area (Å²) in [6, 6.07) is 8.07. The van der Waals surface area contributed by atoms with Crippen molar-refractivity contribution in [3.63, 3.8) is 0 Å². The van der Waals surface area contributed by atoms with Crippen molar-refractivity contribution in [2.45, 2.75) is 0 Å². The Labute approximate surface area is 207 Å². The summed E-state index contributed by atoms with van der Waals surface area (Å²) in [6.45, 7) is 6.27. The summed E-state index contributed by atoms with van der Waals surface area (Å²) in [4.78, 5) is 30.1. The van der Waals surface area contributed by atoms with Crippen molar-refractivity contribution >= 4 is 50.3 Å². The number of nitrogens with one attached hydrogen (secondary N) is 1. The summed E-state index contributed by atoms with van der Waals surface area (Å²) in [5, 5.41) is 8.22. The van der Waals surface area contributed by atoms with Gasteiger partial charge in [-0.3, -0.25) is 9.89 Å². The van der Waals surface area contributed by atoms with Crippen LogP contribution in [0.15, 0.2) is 36.5 Å². The van der Waals surface area contributed by atoms with Crippen molar-refractivity contribution in [2.24, 2.45) is 0 Å². The van der Waals surface area contributed by atoms with Gasteiger partial charge in [0.05, 0.1) is 35.1 Å².